The van der Waals surface area contributed by atoms with E-state index in [0.717, 1.165) is 35.4 Å². The number of hydrogen-bond donors (Lipinski definition) is 2. The molecule has 1 aromatic carbocycles. The summed E-state index contributed by atoms with van der Waals surface area (Å²) in [5.74, 6) is 1.34. The van der Waals surface area contributed by atoms with Crippen LogP contribution in [-0.4, -0.2) is 51.6 Å². The topological polar surface area (TPSA) is 94.0 Å². The third kappa shape index (κ3) is 5.38. The van der Waals surface area contributed by atoms with E-state index in [9.17, 15) is 4.79 Å². The van der Waals surface area contributed by atoms with E-state index in [0.29, 0.717) is 24.0 Å². The first-order valence-corrected chi connectivity index (χ1v) is 10.8. The number of carbonyl (C=O) groups excluding carboxylic acids is 1. The summed E-state index contributed by atoms with van der Waals surface area (Å²) in [6.07, 6.45) is 4.71. The van der Waals surface area contributed by atoms with Gasteiger partial charge in [-0.05, 0) is 31.2 Å². The summed E-state index contributed by atoms with van der Waals surface area (Å²) in [7, 11) is 0. The molecule has 0 unspecified atom stereocenters. The number of rotatable bonds is 10. The van der Waals surface area contributed by atoms with E-state index in [4.69, 9.17) is 4.74 Å². The van der Waals surface area contributed by atoms with Crippen LogP contribution in [0.1, 0.15) is 18.9 Å². The number of carbonyl (C=O) groups is 1. The Balaban J connectivity index is 1.59. The van der Waals surface area contributed by atoms with Crippen molar-refractivity contribution in [2.24, 2.45) is 0 Å². The first-order valence-electron chi connectivity index (χ1n) is 9.59. The summed E-state index contributed by atoms with van der Waals surface area (Å²) >= 11 is 1.49. The molecule has 2 aromatic heterocycles. The van der Waals surface area contributed by atoms with E-state index in [1.165, 1.54) is 11.8 Å². The van der Waals surface area contributed by atoms with Crippen LogP contribution in [0.3, 0.4) is 0 Å². The molecular formula is C20H26N6O2S. The van der Waals surface area contributed by atoms with Crippen molar-refractivity contribution < 1.29 is 9.53 Å². The summed E-state index contributed by atoms with van der Waals surface area (Å²) in [5, 5.41) is 12.2. The van der Waals surface area contributed by atoms with Gasteiger partial charge >= 0.3 is 0 Å². The van der Waals surface area contributed by atoms with E-state index in [1.54, 1.807) is 10.9 Å². The van der Waals surface area contributed by atoms with Crippen molar-refractivity contribution in [2.75, 3.05) is 31.3 Å². The highest BCUT2D eigenvalue weighted by Gasteiger charge is 2.13. The zero-order valence-electron chi connectivity index (χ0n) is 16.9. The van der Waals surface area contributed by atoms with Crippen molar-refractivity contribution in [3.8, 4) is 5.75 Å². The van der Waals surface area contributed by atoms with Crippen molar-refractivity contribution in [1.82, 2.24) is 25.1 Å². The normalized spacial score (nSPS) is 10.9. The minimum absolute atomic E-state index is 0.0193. The van der Waals surface area contributed by atoms with Gasteiger partial charge in [-0.15, -0.1) is 0 Å². The van der Waals surface area contributed by atoms with Gasteiger partial charge in [-0.3, -0.25) is 4.79 Å². The highest BCUT2D eigenvalue weighted by atomic mass is 32.2. The Hall–Kier alpha value is -2.81. The van der Waals surface area contributed by atoms with E-state index in [1.807, 2.05) is 37.4 Å². The highest BCUT2D eigenvalue weighted by molar-refractivity contribution is 7.98. The molecule has 2 heterocycles. The number of para-hydroxylation sites is 1. The molecule has 3 aromatic rings. The third-order valence-corrected chi connectivity index (χ3v) is 4.85. The Morgan fingerprint density at radius 2 is 2.07 bits per heavy atom. The van der Waals surface area contributed by atoms with Gasteiger partial charge in [0.25, 0.3) is 5.91 Å². The Labute approximate surface area is 174 Å². The van der Waals surface area contributed by atoms with Crippen LogP contribution in [-0.2, 0) is 11.3 Å². The minimum Gasteiger partial charge on any atom is -0.484 e. The molecular weight excluding hydrogens is 388 g/mol. The second kappa shape index (κ2) is 10.1. The number of anilines is 1. The van der Waals surface area contributed by atoms with Crippen LogP contribution in [0.4, 0.5) is 5.82 Å². The molecule has 2 N–H and O–H groups in total. The molecule has 154 valence electrons. The molecule has 0 bridgehead atoms. The van der Waals surface area contributed by atoms with Crippen molar-refractivity contribution in [1.29, 1.82) is 0 Å². The molecule has 0 aliphatic carbocycles. The molecule has 0 saturated carbocycles. The third-order valence-electron chi connectivity index (χ3n) is 4.30. The van der Waals surface area contributed by atoms with E-state index in [2.05, 4.69) is 32.6 Å². The summed E-state index contributed by atoms with van der Waals surface area (Å²) in [6, 6.07) is 7.62. The second-order valence-electron chi connectivity index (χ2n) is 6.49. The van der Waals surface area contributed by atoms with Gasteiger partial charge in [0.1, 0.15) is 11.6 Å². The zero-order chi connectivity index (χ0) is 20.6. The largest absolute Gasteiger partial charge is 0.484 e. The number of thioether (sulfide) groups is 1. The molecule has 8 nitrogen and oxygen atoms in total. The minimum atomic E-state index is -0.172. The number of aromatic nitrogens is 4. The van der Waals surface area contributed by atoms with Gasteiger partial charge in [-0.25, -0.2) is 14.6 Å². The Morgan fingerprint density at radius 1 is 1.24 bits per heavy atom. The lowest BCUT2D eigenvalue weighted by molar-refractivity contribution is -0.123. The van der Waals surface area contributed by atoms with Crippen molar-refractivity contribution in [2.45, 2.75) is 32.0 Å². The fraction of sp³-hybridized carbons (Fsp3) is 0.400. The standard InChI is InChI=1S/C20H26N6O2S/c1-4-9-22-18-15-12-23-26(19(15)25-20(24-18)29-3)11-10-21-17(27)13-28-16-8-6-5-7-14(16)2/h5-8,12H,4,9-11,13H2,1-3H3,(H,21,27)(H,22,24,25). The number of hydrogen-bond acceptors (Lipinski definition) is 7. The number of fused-ring (bicyclic) bond motifs is 1. The fourth-order valence-corrected chi connectivity index (χ4v) is 3.14. The SMILES string of the molecule is CCCNc1nc(SC)nc2c1cnn2CCNC(=O)COc1ccccc1C. The maximum atomic E-state index is 12.1. The van der Waals surface area contributed by atoms with Gasteiger partial charge in [-0.2, -0.15) is 5.10 Å². The van der Waals surface area contributed by atoms with E-state index in [-0.39, 0.29) is 12.5 Å². The highest BCUT2D eigenvalue weighted by Crippen LogP contribution is 2.23. The predicted molar refractivity (Wildman–Crippen MR) is 116 cm³/mol. The van der Waals surface area contributed by atoms with Crippen LogP contribution in [0.5, 0.6) is 5.75 Å². The number of amides is 1. The smallest absolute Gasteiger partial charge is 0.258 e. The maximum absolute atomic E-state index is 12.1. The van der Waals surface area contributed by atoms with Crippen LogP contribution < -0.4 is 15.4 Å². The van der Waals surface area contributed by atoms with Crippen molar-refractivity contribution in [3.05, 3.63) is 36.0 Å². The first-order chi connectivity index (χ1) is 14.1. The molecule has 0 saturated heterocycles. The van der Waals surface area contributed by atoms with Gasteiger partial charge in [-0.1, -0.05) is 36.9 Å². The molecule has 29 heavy (non-hydrogen) atoms. The van der Waals surface area contributed by atoms with Crippen LogP contribution >= 0.6 is 11.8 Å². The zero-order valence-corrected chi connectivity index (χ0v) is 17.8. The summed E-state index contributed by atoms with van der Waals surface area (Å²) < 4.78 is 7.36. The lowest BCUT2D eigenvalue weighted by atomic mass is 10.2. The van der Waals surface area contributed by atoms with Crippen molar-refractivity contribution >= 4 is 34.5 Å². The number of benzene rings is 1. The van der Waals surface area contributed by atoms with Crippen LogP contribution in [0.2, 0.25) is 0 Å². The molecule has 0 radical (unpaired) electrons. The molecule has 0 aliphatic rings. The fourth-order valence-electron chi connectivity index (χ4n) is 2.78. The summed E-state index contributed by atoms with van der Waals surface area (Å²) in [4.78, 5) is 21.2. The Morgan fingerprint density at radius 3 is 2.83 bits per heavy atom. The van der Waals surface area contributed by atoms with Crippen LogP contribution in [0.15, 0.2) is 35.6 Å². The van der Waals surface area contributed by atoms with Crippen LogP contribution in [0, 0.1) is 6.92 Å². The molecule has 9 heteroatoms. The summed E-state index contributed by atoms with van der Waals surface area (Å²) in [5.41, 5.74) is 1.76. The molecule has 0 atom stereocenters. The van der Waals surface area contributed by atoms with Gasteiger partial charge in [0.15, 0.2) is 17.4 Å². The molecule has 1 amide bonds. The second-order valence-corrected chi connectivity index (χ2v) is 7.27. The Bertz CT molecular complexity index is 975. The monoisotopic (exact) mass is 414 g/mol. The average Bonchev–Trinajstić information content (AvgIpc) is 3.14. The molecule has 0 aliphatic heterocycles. The predicted octanol–water partition coefficient (Wildman–Crippen LogP) is 2.87. The van der Waals surface area contributed by atoms with Gasteiger partial charge < -0.3 is 15.4 Å². The quantitative estimate of drug-likeness (QED) is 0.389. The maximum Gasteiger partial charge on any atom is 0.258 e. The molecule has 0 spiro atoms. The van der Waals surface area contributed by atoms with E-state index < -0.39 is 0 Å². The number of ether oxygens (including phenoxy) is 1. The first kappa shape index (κ1) is 20.9. The number of aryl methyl sites for hydroxylation is 1. The number of nitrogens with one attached hydrogen (secondary N) is 2. The lowest BCUT2D eigenvalue weighted by Gasteiger charge is -2.10. The van der Waals surface area contributed by atoms with Crippen molar-refractivity contribution in [3.63, 3.8) is 0 Å². The Kier molecular flexibility index (Phi) is 7.29. The van der Waals surface area contributed by atoms with Gasteiger partial charge in [0, 0.05) is 13.1 Å². The van der Waals surface area contributed by atoms with Crippen LogP contribution in [0.25, 0.3) is 11.0 Å². The van der Waals surface area contributed by atoms with Gasteiger partial charge in [0.2, 0.25) is 0 Å². The number of nitrogens with zero attached hydrogens (tertiary/aromatic N) is 4. The lowest BCUT2D eigenvalue weighted by Crippen LogP contribution is -2.31. The molecule has 3 rings (SSSR count). The van der Waals surface area contributed by atoms with Gasteiger partial charge in [0.05, 0.1) is 18.1 Å². The molecule has 0 fully saturated rings. The summed E-state index contributed by atoms with van der Waals surface area (Å²) in [6.45, 7) is 5.82. The van der Waals surface area contributed by atoms with E-state index >= 15 is 0 Å². The average molecular weight is 415 g/mol.